The zero-order valence-electron chi connectivity index (χ0n) is 45.9. The third kappa shape index (κ3) is 56.0. The average molecular weight is 1020 g/mol. The van der Waals surface area contributed by atoms with Crippen LogP contribution in [-0.2, 0) is 32.7 Å². The van der Waals surface area contributed by atoms with Crippen LogP contribution >= 0.6 is 7.82 Å². The first-order valence-electron chi connectivity index (χ1n) is 28.9. The van der Waals surface area contributed by atoms with Crippen LogP contribution < -0.4 is 5.73 Å². The van der Waals surface area contributed by atoms with Gasteiger partial charge in [0.2, 0.25) is 0 Å². The summed E-state index contributed by atoms with van der Waals surface area (Å²) >= 11 is 0. The SMILES string of the molecule is CC/C=C\C/C=C\C/C=C\C/C=C\C/C=C\C/C=C\C/C=C\C/C=C\CCCCCCCCCCC(=O)OC(COC(=O)CCCCCCCCC/C=C\CCCCCCCCC)COP(=O)(O)OCCN. The molecule has 2 atom stereocenters. The summed E-state index contributed by atoms with van der Waals surface area (Å²) in [6.45, 7) is 3.61. The number of hydrogen-bond donors (Lipinski definition) is 2. The molecule has 0 bridgehead atoms. The summed E-state index contributed by atoms with van der Waals surface area (Å²) in [6, 6.07) is 0. The molecule has 0 aromatic carbocycles. The monoisotopic (exact) mass is 1020 g/mol. The van der Waals surface area contributed by atoms with E-state index in [4.69, 9.17) is 24.3 Å². The highest BCUT2D eigenvalue weighted by Crippen LogP contribution is 2.43. The van der Waals surface area contributed by atoms with E-state index in [0.29, 0.717) is 6.42 Å². The van der Waals surface area contributed by atoms with E-state index in [1.807, 2.05) is 0 Å². The topological polar surface area (TPSA) is 134 Å². The average Bonchev–Trinajstić information content (AvgIpc) is 3.37. The molecule has 0 aromatic rings. The van der Waals surface area contributed by atoms with Crippen molar-refractivity contribution in [3.05, 3.63) is 109 Å². The van der Waals surface area contributed by atoms with Crippen LogP contribution in [0.2, 0.25) is 0 Å². The van der Waals surface area contributed by atoms with E-state index in [-0.39, 0.29) is 38.6 Å². The van der Waals surface area contributed by atoms with Crippen molar-refractivity contribution >= 4 is 19.8 Å². The largest absolute Gasteiger partial charge is 0.472 e. The quantitative estimate of drug-likeness (QED) is 0.0264. The fraction of sp³-hybridized carbons (Fsp3) is 0.677. The lowest BCUT2D eigenvalue weighted by molar-refractivity contribution is -0.161. The Balaban J connectivity index is 4.03. The number of nitrogens with two attached hydrogens (primary N) is 1. The molecule has 0 fully saturated rings. The van der Waals surface area contributed by atoms with Gasteiger partial charge in [0.15, 0.2) is 6.10 Å². The number of phosphoric acid groups is 1. The minimum Gasteiger partial charge on any atom is -0.462 e. The number of hydrogen-bond acceptors (Lipinski definition) is 8. The minimum absolute atomic E-state index is 0.0465. The number of carbonyl (C=O) groups excluding carboxylic acids is 2. The Labute approximate surface area is 441 Å². The predicted molar refractivity (Wildman–Crippen MR) is 307 cm³/mol. The van der Waals surface area contributed by atoms with Gasteiger partial charge in [0.05, 0.1) is 13.2 Å². The molecule has 0 spiro atoms. The first kappa shape index (κ1) is 68.7. The number of unbranched alkanes of at least 4 members (excludes halogenated alkanes) is 22. The molecule has 0 saturated carbocycles. The van der Waals surface area contributed by atoms with Crippen LogP contribution in [0.1, 0.15) is 239 Å². The smallest absolute Gasteiger partial charge is 0.462 e. The molecule has 10 heteroatoms. The number of allylic oxidation sites excluding steroid dienone is 18. The van der Waals surface area contributed by atoms with Gasteiger partial charge in [-0.1, -0.05) is 232 Å². The Morgan fingerprint density at radius 3 is 1.15 bits per heavy atom. The van der Waals surface area contributed by atoms with Gasteiger partial charge < -0.3 is 20.1 Å². The zero-order valence-corrected chi connectivity index (χ0v) is 46.8. The first-order valence-corrected chi connectivity index (χ1v) is 30.4. The Morgan fingerprint density at radius 1 is 0.431 bits per heavy atom. The second-order valence-electron chi connectivity index (χ2n) is 18.8. The van der Waals surface area contributed by atoms with Crippen molar-refractivity contribution in [1.82, 2.24) is 0 Å². The van der Waals surface area contributed by atoms with E-state index in [2.05, 4.69) is 123 Å². The molecule has 0 amide bonds. The summed E-state index contributed by atoms with van der Waals surface area (Å²) in [5, 5.41) is 0. The lowest BCUT2D eigenvalue weighted by Gasteiger charge is -2.19. The molecule has 0 rings (SSSR count). The van der Waals surface area contributed by atoms with Gasteiger partial charge in [-0.3, -0.25) is 18.6 Å². The molecule has 2 unspecified atom stereocenters. The van der Waals surface area contributed by atoms with Crippen LogP contribution in [0.4, 0.5) is 0 Å². The van der Waals surface area contributed by atoms with Gasteiger partial charge in [0.1, 0.15) is 6.61 Å². The summed E-state index contributed by atoms with van der Waals surface area (Å²) in [7, 11) is -4.40. The van der Waals surface area contributed by atoms with Crippen LogP contribution in [0.15, 0.2) is 109 Å². The van der Waals surface area contributed by atoms with Crippen molar-refractivity contribution in [1.29, 1.82) is 0 Å². The van der Waals surface area contributed by atoms with Gasteiger partial charge >= 0.3 is 19.8 Å². The van der Waals surface area contributed by atoms with Gasteiger partial charge in [-0.05, 0) is 103 Å². The maximum atomic E-state index is 12.7. The van der Waals surface area contributed by atoms with E-state index in [9.17, 15) is 19.0 Å². The van der Waals surface area contributed by atoms with Crippen LogP contribution in [0, 0.1) is 0 Å². The highest BCUT2D eigenvalue weighted by molar-refractivity contribution is 7.47. The van der Waals surface area contributed by atoms with Crippen molar-refractivity contribution in [3.8, 4) is 0 Å². The molecule has 9 nitrogen and oxygen atoms in total. The lowest BCUT2D eigenvalue weighted by Crippen LogP contribution is -2.29. The summed E-state index contributed by atoms with van der Waals surface area (Å²) in [5.74, 6) is -0.845. The zero-order chi connectivity index (χ0) is 52.4. The number of ether oxygens (including phenoxy) is 2. The van der Waals surface area contributed by atoms with E-state index in [1.165, 1.54) is 96.3 Å². The summed E-state index contributed by atoms with van der Waals surface area (Å²) < 4.78 is 33.0. The molecule has 0 aliphatic rings. The highest BCUT2D eigenvalue weighted by atomic mass is 31.2. The second kappa shape index (κ2) is 57.0. The van der Waals surface area contributed by atoms with E-state index < -0.39 is 26.5 Å². The van der Waals surface area contributed by atoms with Crippen LogP contribution in [0.25, 0.3) is 0 Å². The van der Waals surface area contributed by atoms with E-state index in [0.717, 1.165) is 109 Å². The molecule has 3 N–H and O–H groups in total. The molecule has 0 radical (unpaired) electrons. The molecule has 0 saturated heterocycles. The fourth-order valence-corrected chi connectivity index (χ4v) is 8.41. The molecule has 0 aliphatic carbocycles. The molecule has 0 aliphatic heterocycles. The van der Waals surface area contributed by atoms with Crippen LogP contribution in [-0.4, -0.2) is 49.3 Å². The van der Waals surface area contributed by atoms with Crippen molar-refractivity contribution < 1.29 is 37.6 Å². The minimum atomic E-state index is -4.40. The van der Waals surface area contributed by atoms with Gasteiger partial charge in [0.25, 0.3) is 0 Å². The number of rotatable bonds is 53. The second-order valence-corrected chi connectivity index (χ2v) is 20.2. The Morgan fingerprint density at radius 2 is 0.764 bits per heavy atom. The normalized spacial score (nSPS) is 13.9. The van der Waals surface area contributed by atoms with Gasteiger partial charge in [-0.2, -0.15) is 0 Å². The predicted octanol–water partition coefficient (Wildman–Crippen LogP) is 18.2. The Bertz CT molecular complexity index is 1540. The van der Waals surface area contributed by atoms with Gasteiger partial charge in [-0.15, -0.1) is 0 Å². The molecule has 412 valence electrons. The maximum Gasteiger partial charge on any atom is 0.472 e. The first-order chi connectivity index (χ1) is 35.3. The molecule has 0 aromatic heterocycles. The van der Waals surface area contributed by atoms with Gasteiger partial charge in [-0.25, -0.2) is 4.57 Å². The lowest BCUT2D eigenvalue weighted by atomic mass is 10.1. The summed E-state index contributed by atoms with van der Waals surface area (Å²) in [6.07, 6.45) is 77.1. The third-order valence-corrected chi connectivity index (χ3v) is 12.9. The number of phosphoric ester groups is 1. The Kier molecular flexibility index (Phi) is 54.3. The van der Waals surface area contributed by atoms with E-state index >= 15 is 0 Å². The van der Waals surface area contributed by atoms with Crippen molar-refractivity contribution in [2.45, 2.75) is 245 Å². The number of carbonyl (C=O) groups is 2. The number of esters is 2. The summed E-state index contributed by atoms with van der Waals surface area (Å²) in [5.41, 5.74) is 5.38. The molecular weight excluding hydrogens is 918 g/mol. The van der Waals surface area contributed by atoms with Crippen LogP contribution in [0.5, 0.6) is 0 Å². The van der Waals surface area contributed by atoms with E-state index in [1.54, 1.807) is 0 Å². The molecular formula is C62H106NO8P. The van der Waals surface area contributed by atoms with Crippen molar-refractivity contribution in [2.24, 2.45) is 5.73 Å². The maximum absolute atomic E-state index is 12.7. The van der Waals surface area contributed by atoms with Crippen LogP contribution in [0.3, 0.4) is 0 Å². The van der Waals surface area contributed by atoms with Gasteiger partial charge in [0, 0.05) is 19.4 Å². The third-order valence-electron chi connectivity index (χ3n) is 11.9. The molecule has 72 heavy (non-hydrogen) atoms. The van der Waals surface area contributed by atoms with Crippen molar-refractivity contribution in [3.63, 3.8) is 0 Å². The standard InChI is InChI=1S/C62H106NO8P/c1-3-5-7-9-11-13-15-17-19-21-23-24-25-26-27-28-29-30-31-32-33-34-35-36-37-39-41-43-45-47-49-51-53-55-62(65)71-60(59-70-72(66,67)69-57-56-63)58-68-61(64)54-52-50-48-46-44-42-40-38-22-20-18-16-14-12-10-8-6-4-2/h5,7,11,13,17,19-20,22-24,26-27,29-30,32-33,35-36,60H,3-4,6,8-10,12,14-16,18,21,25,28,31,34,37-59,63H2,1-2H3,(H,66,67)/b7-5-,13-11-,19-17-,22-20-,24-23-,27-26-,30-29-,33-32-,36-35-. The highest BCUT2D eigenvalue weighted by Gasteiger charge is 2.26. The summed E-state index contributed by atoms with van der Waals surface area (Å²) in [4.78, 5) is 35.2. The van der Waals surface area contributed by atoms with Crippen molar-refractivity contribution in [2.75, 3.05) is 26.4 Å². The fourth-order valence-electron chi connectivity index (χ4n) is 7.65. The Hall–Kier alpha value is -3.33. The molecule has 0 heterocycles.